The number of fused-ring (bicyclic) bond motifs is 1. The Morgan fingerprint density at radius 3 is 2.30 bits per heavy atom. The zero-order chi connectivity index (χ0) is 24.7. The van der Waals surface area contributed by atoms with E-state index in [0.29, 0.717) is 5.56 Å². The molecule has 5 unspecified atom stereocenters. The van der Waals surface area contributed by atoms with E-state index in [2.05, 4.69) is 20.9 Å². The summed E-state index contributed by atoms with van der Waals surface area (Å²) in [4.78, 5) is 51.9. The highest BCUT2D eigenvalue weighted by Gasteiger charge is 2.31. The van der Waals surface area contributed by atoms with Gasteiger partial charge in [0.25, 0.3) is 0 Å². The topological polar surface area (TPSA) is 207 Å². The molecular formula is C21H29N5O7. The smallest absolute Gasteiger partial charge is 0.328 e. The Labute approximate surface area is 189 Å². The summed E-state index contributed by atoms with van der Waals surface area (Å²) in [6.07, 6.45) is 0.297. The number of nitrogens with two attached hydrogens (primary N) is 1. The maximum absolute atomic E-state index is 12.9. The summed E-state index contributed by atoms with van der Waals surface area (Å²) in [6, 6.07) is 2.19. The molecule has 0 aliphatic rings. The summed E-state index contributed by atoms with van der Waals surface area (Å²) in [7, 11) is 0. The third kappa shape index (κ3) is 6.75. The van der Waals surface area contributed by atoms with Gasteiger partial charge in [0, 0.05) is 23.5 Å². The molecule has 2 rings (SSSR count). The first-order chi connectivity index (χ1) is 15.5. The van der Waals surface area contributed by atoms with Crippen molar-refractivity contribution in [2.24, 2.45) is 5.73 Å². The molecule has 0 saturated carbocycles. The SMILES string of the molecule is CC(NC(=O)C(N)CO)C(=O)NC(Cc1c[nH]c2ccccc12)C(=O)NC(C(=O)O)C(C)O. The van der Waals surface area contributed by atoms with E-state index in [0.717, 1.165) is 10.9 Å². The summed E-state index contributed by atoms with van der Waals surface area (Å²) >= 11 is 0. The molecule has 1 heterocycles. The van der Waals surface area contributed by atoms with Crippen LogP contribution in [0.5, 0.6) is 0 Å². The number of hydrogen-bond acceptors (Lipinski definition) is 7. The van der Waals surface area contributed by atoms with Gasteiger partial charge in [-0.1, -0.05) is 18.2 Å². The first-order valence-corrected chi connectivity index (χ1v) is 10.3. The number of carbonyl (C=O) groups excluding carboxylic acids is 3. The number of hydrogen-bond donors (Lipinski definition) is 8. The predicted octanol–water partition coefficient (Wildman–Crippen LogP) is -2.03. The lowest BCUT2D eigenvalue weighted by Gasteiger charge is -2.24. The van der Waals surface area contributed by atoms with E-state index in [1.807, 2.05) is 24.3 Å². The number of aliphatic hydroxyl groups is 2. The van der Waals surface area contributed by atoms with Gasteiger partial charge in [-0.15, -0.1) is 0 Å². The van der Waals surface area contributed by atoms with E-state index in [1.54, 1.807) is 6.20 Å². The molecule has 0 bridgehead atoms. The molecule has 1 aromatic carbocycles. The number of para-hydroxylation sites is 1. The van der Waals surface area contributed by atoms with Crippen LogP contribution < -0.4 is 21.7 Å². The number of benzene rings is 1. The number of aromatic amines is 1. The third-order valence-electron chi connectivity index (χ3n) is 5.06. The minimum Gasteiger partial charge on any atom is -0.480 e. The van der Waals surface area contributed by atoms with Crippen LogP contribution in [-0.2, 0) is 25.6 Å². The summed E-state index contributed by atoms with van der Waals surface area (Å²) in [6.45, 7) is 1.98. The van der Waals surface area contributed by atoms with Gasteiger partial charge in [0.2, 0.25) is 17.7 Å². The van der Waals surface area contributed by atoms with Crippen molar-refractivity contribution < 1.29 is 34.5 Å². The Kier molecular flexibility index (Phi) is 8.91. The van der Waals surface area contributed by atoms with Gasteiger partial charge in [0.15, 0.2) is 6.04 Å². The lowest BCUT2D eigenvalue weighted by molar-refractivity contribution is -0.145. The highest BCUT2D eigenvalue weighted by atomic mass is 16.4. The first-order valence-electron chi connectivity index (χ1n) is 10.3. The van der Waals surface area contributed by atoms with Gasteiger partial charge in [0.05, 0.1) is 12.7 Å². The number of carbonyl (C=O) groups is 4. The Morgan fingerprint density at radius 1 is 1.03 bits per heavy atom. The average Bonchev–Trinajstić information content (AvgIpc) is 3.18. The number of rotatable bonds is 11. The Bertz CT molecular complexity index is 1010. The summed E-state index contributed by atoms with van der Waals surface area (Å²) < 4.78 is 0. The molecule has 5 atom stereocenters. The fourth-order valence-electron chi connectivity index (χ4n) is 3.14. The minimum atomic E-state index is -1.58. The third-order valence-corrected chi connectivity index (χ3v) is 5.06. The van der Waals surface area contributed by atoms with Crippen LogP contribution in [0.2, 0.25) is 0 Å². The van der Waals surface area contributed by atoms with Crippen LogP contribution in [0.1, 0.15) is 19.4 Å². The molecule has 0 spiro atoms. The lowest BCUT2D eigenvalue weighted by atomic mass is 10.0. The number of nitrogens with one attached hydrogen (secondary N) is 4. The van der Waals surface area contributed by atoms with E-state index >= 15 is 0 Å². The molecule has 1 aromatic heterocycles. The summed E-state index contributed by atoms with van der Waals surface area (Å²) in [5, 5.41) is 35.8. The molecule has 9 N–H and O–H groups in total. The zero-order valence-corrected chi connectivity index (χ0v) is 18.2. The molecule has 0 aliphatic carbocycles. The van der Waals surface area contributed by atoms with Gasteiger partial charge in [-0.05, 0) is 25.5 Å². The minimum absolute atomic E-state index is 0.00452. The second kappa shape index (κ2) is 11.4. The van der Waals surface area contributed by atoms with Crippen molar-refractivity contribution in [1.29, 1.82) is 0 Å². The Morgan fingerprint density at radius 2 is 1.70 bits per heavy atom. The second-order valence-electron chi connectivity index (χ2n) is 7.71. The van der Waals surface area contributed by atoms with Crippen LogP contribution in [0.3, 0.4) is 0 Å². The normalized spacial score (nSPS) is 15.7. The van der Waals surface area contributed by atoms with Crippen molar-refractivity contribution in [2.75, 3.05) is 6.61 Å². The van der Waals surface area contributed by atoms with Crippen LogP contribution in [-0.4, -0.2) is 80.9 Å². The van der Waals surface area contributed by atoms with Crippen molar-refractivity contribution in [3.05, 3.63) is 36.0 Å². The fraction of sp³-hybridized carbons (Fsp3) is 0.429. The standard InChI is InChI=1S/C21H29N5O7/c1-10(24-19(30)14(22)9-27)18(29)25-16(20(31)26-17(11(2)28)21(32)33)7-12-8-23-15-6-4-3-5-13(12)15/h3-6,8,10-11,14,16-17,23,27-28H,7,9,22H2,1-2H3,(H,24,30)(H,25,29)(H,26,31)(H,32,33). The molecular weight excluding hydrogens is 434 g/mol. The maximum Gasteiger partial charge on any atom is 0.328 e. The van der Waals surface area contributed by atoms with E-state index in [-0.39, 0.29) is 6.42 Å². The largest absolute Gasteiger partial charge is 0.480 e. The molecule has 12 nitrogen and oxygen atoms in total. The van der Waals surface area contributed by atoms with Gasteiger partial charge >= 0.3 is 5.97 Å². The predicted molar refractivity (Wildman–Crippen MR) is 118 cm³/mol. The van der Waals surface area contributed by atoms with Crippen LogP contribution in [0, 0.1) is 0 Å². The quantitative estimate of drug-likeness (QED) is 0.186. The number of aromatic nitrogens is 1. The zero-order valence-electron chi connectivity index (χ0n) is 18.2. The van der Waals surface area contributed by atoms with Crippen LogP contribution in [0.4, 0.5) is 0 Å². The molecule has 3 amide bonds. The highest BCUT2D eigenvalue weighted by Crippen LogP contribution is 2.19. The average molecular weight is 463 g/mol. The van der Waals surface area contributed by atoms with Gasteiger partial charge in [-0.25, -0.2) is 4.79 Å². The van der Waals surface area contributed by atoms with Crippen molar-refractivity contribution in [2.45, 2.75) is 50.5 Å². The number of carboxylic acids is 1. The van der Waals surface area contributed by atoms with Crippen molar-refractivity contribution in [1.82, 2.24) is 20.9 Å². The summed E-state index contributed by atoms with van der Waals surface area (Å²) in [5.41, 5.74) is 6.93. The van der Waals surface area contributed by atoms with Crippen LogP contribution in [0.25, 0.3) is 10.9 Å². The molecule has 0 aliphatic heterocycles. The molecule has 0 saturated heterocycles. The van der Waals surface area contributed by atoms with E-state index in [1.165, 1.54) is 13.8 Å². The molecule has 33 heavy (non-hydrogen) atoms. The van der Waals surface area contributed by atoms with Gasteiger partial charge < -0.3 is 42.0 Å². The maximum atomic E-state index is 12.9. The van der Waals surface area contributed by atoms with E-state index in [9.17, 15) is 29.4 Å². The monoisotopic (exact) mass is 463 g/mol. The second-order valence-corrected chi connectivity index (χ2v) is 7.71. The fourth-order valence-corrected chi connectivity index (χ4v) is 3.14. The number of aliphatic hydroxyl groups excluding tert-OH is 2. The van der Waals surface area contributed by atoms with Crippen LogP contribution >= 0.6 is 0 Å². The molecule has 180 valence electrons. The molecule has 0 radical (unpaired) electrons. The van der Waals surface area contributed by atoms with Gasteiger partial charge in [-0.2, -0.15) is 0 Å². The first kappa shape index (κ1) is 25.8. The number of aliphatic carboxylic acids is 1. The lowest BCUT2D eigenvalue weighted by Crippen LogP contribution is -2.58. The Hall–Kier alpha value is -3.48. The number of carboxylic acid groups (broad SMARTS) is 1. The van der Waals surface area contributed by atoms with Crippen molar-refractivity contribution in [3.63, 3.8) is 0 Å². The summed E-state index contributed by atoms with van der Waals surface area (Å²) in [5.74, 6) is -3.74. The van der Waals surface area contributed by atoms with E-state index < -0.39 is 60.6 Å². The van der Waals surface area contributed by atoms with Crippen molar-refractivity contribution >= 4 is 34.6 Å². The van der Waals surface area contributed by atoms with Crippen molar-refractivity contribution in [3.8, 4) is 0 Å². The Balaban J connectivity index is 2.24. The van der Waals surface area contributed by atoms with Crippen LogP contribution in [0.15, 0.2) is 30.5 Å². The highest BCUT2D eigenvalue weighted by molar-refractivity contribution is 5.94. The molecule has 0 fully saturated rings. The van der Waals surface area contributed by atoms with Gasteiger partial charge in [-0.3, -0.25) is 14.4 Å². The number of amides is 3. The molecule has 2 aromatic rings. The van der Waals surface area contributed by atoms with E-state index in [4.69, 9.17) is 10.8 Å². The van der Waals surface area contributed by atoms with Gasteiger partial charge in [0.1, 0.15) is 18.1 Å². The molecule has 12 heteroatoms. The number of H-pyrrole nitrogens is 1.